The van der Waals surface area contributed by atoms with Crippen LogP contribution in [0.1, 0.15) is 37.3 Å². The topological polar surface area (TPSA) is 107 Å². The first-order chi connectivity index (χ1) is 15.6. The van der Waals surface area contributed by atoms with Gasteiger partial charge in [-0.15, -0.1) is 6.58 Å². The molecule has 33 heavy (non-hydrogen) atoms. The first-order valence-electron chi connectivity index (χ1n) is 11.4. The molecule has 3 saturated heterocycles. The van der Waals surface area contributed by atoms with E-state index in [9.17, 15) is 24.6 Å². The maximum Gasteiger partial charge on any atom is 0.310 e. The van der Waals surface area contributed by atoms with Crippen LogP contribution in [0.4, 0.5) is 5.69 Å². The zero-order valence-corrected chi connectivity index (χ0v) is 19.4. The monoisotopic (exact) mass is 456 g/mol. The van der Waals surface area contributed by atoms with Crippen molar-refractivity contribution in [3.05, 3.63) is 42.0 Å². The molecule has 1 aromatic rings. The lowest BCUT2D eigenvalue weighted by Crippen LogP contribution is -2.56. The Labute approximate surface area is 193 Å². The lowest BCUT2D eigenvalue weighted by atomic mass is 9.66. The Morgan fingerprint density at radius 3 is 2.70 bits per heavy atom. The van der Waals surface area contributed by atoms with Crippen molar-refractivity contribution in [1.82, 2.24) is 4.90 Å². The van der Waals surface area contributed by atoms with E-state index in [4.69, 9.17) is 4.74 Å². The van der Waals surface area contributed by atoms with E-state index < -0.39 is 35.0 Å². The fraction of sp³-hybridized carbons (Fsp3) is 0.560. The van der Waals surface area contributed by atoms with E-state index in [2.05, 4.69) is 6.58 Å². The van der Waals surface area contributed by atoms with Crippen molar-refractivity contribution in [2.24, 2.45) is 11.8 Å². The summed E-state index contributed by atoms with van der Waals surface area (Å²) in [4.78, 5) is 43.1. The lowest BCUT2D eigenvalue weighted by Gasteiger charge is -2.37. The van der Waals surface area contributed by atoms with Gasteiger partial charge in [-0.05, 0) is 57.2 Å². The zero-order chi connectivity index (χ0) is 24.1. The molecule has 3 fully saturated rings. The number of aliphatic carboxylic acids is 1. The SMILES string of the molecule is C=CCN(C(=O)C1N(CCCO)C(=O)[C@@H]2[C@H](C(=O)O)[C@]3(C)CCC12O3)c1cc(C)ccc1C. The number of nitrogens with zero attached hydrogens (tertiary/aromatic N) is 2. The summed E-state index contributed by atoms with van der Waals surface area (Å²) in [6.07, 6.45) is 2.83. The molecule has 1 aromatic carbocycles. The molecule has 1 spiro atoms. The number of benzene rings is 1. The van der Waals surface area contributed by atoms with Crippen LogP contribution >= 0.6 is 0 Å². The van der Waals surface area contributed by atoms with Gasteiger partial charge in [0.25, 0.3) is 5.91 Å². The van der Waals surface area contributed by atoms with Crippen LogP contribution in [-0.4, -0.2) is 69.8 Å². The average Bonchev–Trinajstić information content (AvgIpc) is 3.32. The third kappa shape index (κ3) is 3.38. The fourth-order valence-electron chi connectivity index (χ4n) is 6.16. The van der Waals surface area contributed by atoms with Gasteiger partial charge in [0.2, 0.25) is 5.91 Å². The molecule has 0 aliphatic carbocycles. The second-order valence-corrected chi connectivity index (χ2v) is 9.70. The van der Waals surface area contributed by atoms with E-state index in [1.54, 1.807) is 17.9 Å². The number of aliphatic hydroxyl groups is 1. The van der Waals surface area contributed by atoms with Gasteiger partial charge in [0.15, 0.2) is 0 Å². The van der Waals surface area contributed by atoms with Crippen molar-refractivity contribution in [2.45, 2.75) is 57.3 Å². The van der Waals surface area contributed by atoms with E-state index >= 15 is 0 Å². The summed E-state index contributed by atoms with van der Waals surface area (Å²) in [7, 11) is 0. The Morgan fingerprint density at radius 1 is 1.33 bits per heavy atom. The van der Waals surface area contributed by atoms with Crippen molar-refractivity contribution in [3.8, 4) is 0 Å². The van der Waals surface area contributed by atoms with Crippen molar-refractivity contribution in [2.75, 3.05) is 24.6 Å². The van der Waals surface area contributed by atoms with Crippen LogP contribution < -0.4 is 4.90 Å². The number of fused-ring (bicyclic) bond motifs is 1. The summed E-state index contributed by atoms with van der Waals surface area (Å²) >= 11 is 0. The van der Waals surface area contributed by atoms with Gasteiger partial charge in [-0.3, -0.25) is 14.4 Å². The maximum absolute atomic E-state index is 14.2. The number of likely N-dealkylation sites (tertiary alicyclic amines) is 1. The van der Waals surface area contributed by atoms with Crippen LogP contribution in [0.25, 0.3) is 0 Å². The second-order valence-electron chi connectivity index (χ2n) is 9.70. The minimum atomic E-state index is -1.20. The number of aryl methyl sites for hydroxylation is 2. The summed E-state index contributed by atoms with van der Waals surface area (Å²) in [6, 6.07) is 4.87. The maximum atomic E-state index is 14.2. The first kappa shape index (κ1) is 23.4. The zero-order valence-electron chi connectivity index (χ0n) is 19.4. The number of rotatable bonds is 8. The molecule has 2 amide bonds. The molecule has 0 aromatic heterocycles. The normalized spacial score (nSPS) is 32.2. The van der Waals surface area contributed by atoms with Gasteiger partial charge in [-0.1, -0.05) is 18.2 Å². The molecule has 2 N–H and O–H groups in total. The predicted molar refractivity (Wildman–Crippen MR) is 122 cm³/mol. The van der Waals surface area contributed by atoms with Gasteiger partial charge in [0.05, 0.1) is 17.4 Å². The molecule has 0 saturated carbocycles. The van der Waals surface area contributed by atoms with Crippen LogP contribution in [-0.2, 0) is 19.1 Å². The van der Waals surface area contributed by atoms with Gasteiger partial charge in [-0.25, -0.2) is 0 Å². The van der Waals surface area contributed by atoms with E-state index in [0.717, 1.165) is 16.8 Å². The highest BCUT2D eigenvalue weighted by Gasteiger charge is 2.78. The summed E-state index contributed by atoms with van der Waals surface area (Å²) < 4.78 is 6.40. The number of carboxylic acid groups (broad SMARTS) is 1. The number of aliphatic hydroxyl groups excluding tert-OH is 1. The third-order valence-corrected chi connectivity index (χ3v) is 7.57. The highest BCUT2D eigenvalue weighted by molar-refractivity contribution is 6.05. The quantitative estimate of drug-likeness (QED) is 0.580. The van der Waals surface area contributed by atoms with Crippen LogP contribution in [0.3, 0.4) is 0 Å². The van der Waals surface area contributed by atoms with Gasteiger partial charge in [-0.2, -0.15) is 0 Å². The van der Waals surface area contributed by atoms with Gasteiger partial charge in [0, 0.05) is 25.4 Å². The molecule has 8 nitrogen and oxygen atoms in total. The largest absolute Gasteiger partial charge is 0.481 e. The Kier molecular flexibility index (Phi) is 5.87. The summed E-state index contributed by atoms with van der Waals surface area (Å²) in [5.41, 5.74) is 0.435. The third-order valence-electron chi connectivity index (χ3n) is 7.57. The Bertz CT molecular complexity index is 1010. The van der Waals surface area contributed by atoms with E-state index in [1.807, 2.05) is 32.0 Å². The number of hydrogen-bond acceptors (Lipinski definition) is 5. The summed E-state index contributed by atoms with van der Waals surface area (Å²) in [5, 5.41) is 19.4. The molecular weight excluding hydrogens is 424 g/mol. The minimum absolute atomic E-state index is 0.142. The number of hydrogen-bond donors (Lipinski definition) is 2. The van der Waals surface area contributed by atoms with Gasteiger partial charge < -0.3 is 24.7 Å². The van der Waals surface area contributed by atoms with E-state index in [1.165, 1.54) is 4.90 Å². The summed E-state index contributed by atoms with van der Waals surface area (Å²) in [6.45, 7) is 9.66. The molecule has 8 heteroatoms. The van der Waals surface area contributed by atoms with Crippen LogP contribution in [0.2, 0.25) is 0 Å². The Hall–Kier alpha value is -2.71. The van der Waals surface area contributed by atoms with Crippen molar-refractivity contribution in [1.29, 1.82) is 0 Å². The number of carbonyl (C=O) groups is 3. The van der Waals surface area contributed by atoms with Crippen molar-refractivity contribution >= 4 is 23.5 Å². The first-order valence-corrected chi connectivity index (χ1v) is 11.4. The van der Waals surface area contributed by atoms with Gasteiger partial charge in [0.1, 0.15) is 11.6 Å². The lowest BCUT2D eigenvalue weighted by molar-refractivity contribution is -0.154. The number of ether oxygens (including phenoxy) is 1. The standard InChI is InChI=1S/C25H32N2O6/c1-5-11-26(17-14-15(2)7-8-16(17)3)22(30)20-25-10-9-24(4,33-25)19(23(31)32)18(25)21(29)27(20)12-6-13-28/h5,7-8,14,18-20,28H,1,6,9-13H2,2-4H3,(H,31,32)/t18-,19+,20?,24-,25?/m0/s1. The number of amides is 2. The average molecular weight is 457 g/mol. The fourth-order valence-corrected chi connectivity index (χ4v) is 6.16. The molecule has 3 aliphatic rings. The van der Waals surface area contributed by atoms with E-state index in [-0.39, 0.29) is 37.9 Å². The van der Waals surface area contributed by atoms with Crippen molar-refractivity contribution in [3.63, 3.8) is 0 Å². The molecule has 178 valence electrons. The Morgan fingerprint density at radius 2 is 2.06 bits per heavy atom. The molecule has 4 rings (SSSR count). The number of anilines is 1. The van der Waals surface area contributed by atoms with Crippen LogP contribution in [0.15, 0.2) is 30.9 Å². The molecule has 2 unspecified atom stereocenters. The van der Waals surface area contributed by atoms with Crippen LogP contribution in [0.5, 0.6) is 0 Å². The molecule has 0 radical (unpaired) electrons. The summed E-state index contributed by atoms with van der Waals surface area (Å²) in [5.74, 6) is -3.71. The van der Waals surface area contributed by atoms with E-state index in [0.29, 0.717) is 12.8 Å². The molecule has 3 aliphatic heterocycles. The van der Waals surface area contributed by atoms with Crippen LogP contribution in [0, 0.1) is 25.7 Å². The second kappa shape index (κ2) is 8.25. The molecule has 5 atom stereocenters. The molecular formula is C25H32N2O6. The number of carbonyl (C=O) groups excluding carboxylic acids is 2. The smallest absolute Gasteiger partial charge is 0.310 e. The number of carboxylic acids is 1. The highest BCUT2D eigenvalue weighted by Crippen LogP contribution is 2.63. The predicted octanol–water partition coefficient (Wildman–Crippen LogP) is 2.05. The minimum Gasteiger partial charge on any atom is -0.481 e. The van der Waals surface area contributed by atoms with Crippen molar-refractivity contribution < 1.29 is 29.3 Å². The highest BCUT2D eigenvalue weighted by atomic mass is 16.5. The molecule has 2 bridgehead atoms. The Balaban J connectivity index is 1.83. The molecule has 3 heterocycles. The van der Waals surface area contributed by atoms with Gasteiger partial charge >= 0.3 is 5.97 Å².